The average Bonchev–Trinajstić information content (AvgIpc) is 2.32. The molecule has 0 spiro atoms. The topological polar surface area (TPSA) is 50.5 Å². The molecule has 4 nitrogen and oxygen atoms in total. The summed E-state index contributed by atoms with van der Waals surface area (Å²) >= 11 is 0. The first kappa shape index (κ1) is 14.9. The molecule has 1 aromatic rings. The summed E-state index contributed by atoms with van der Waals surface area (Å²) in [7, 11) is 4.20. The van der Waals surface area contributed by atoms with Gasteiger partial charge < -0.3 is 20.7 Å². The molecular weight excluding hydrogens is 257 g/mol. The molecule has 0 heterocycles. The van der Waals surface area contributed by atoms with E-state index in [1.807, 2.05) is 6.92 Å². The standard InChI is InChI=1S/C15H24FN3O/c1-4-20-14-9-13(12(17)8-11(14)16)18-10-15(19(2)3)6-5-7-15/h8-9,18H,4-7,10,17H2,1-3H3. The summed E-state index contributed by atoms with van der Waals surface area (Å²) in [4.78, 5) is 2.26. The first-order chi connectivity index (χ1) is 9.48. The fraction of sp³-hybridized carbons (Fsp3) is 0.600. The summed E-state index contributed by atoms with van der Waals surface area (Å²) in [5, 5.41) is 3.35. The Morgan fingerprint density at radius 1 is 1.40 bits per heavy atom. The summed E-state index contributed by atoms with van der Waals surface area (Å²) in [6, 6.07) is 2.96. The SMILES string of the molecule is CCOc1cc(NCC2(N(C)C)CCC2)c(N)cc1F. The van der Waals surface area contributed by atoms with E-state index in [4.69, 9.17) is 10.5 Å². The van der Waals surface area contributed by atoms with Gasteiger partial charge in [-0.15, -0.1) is 0 Å². The minimum atomic E-state index is -0.416. The summed E-state index contributed by atoms with van der Waals surface area (Å²) in [6.07, 6.45) is 3.60. The predicted molar refractivity (Wildman–Crippen MR) is 80.7 cm³/mol. The molecule has 1 aliphatic rings. The molecule has 0 saturated heterocycles. The van der Waals surface area contributed by atoms with Crippen LogP contribution < -0.4 is 15.8 Å². The number of nitrogens with zero attached hydrogens (tertiary/aromatic N) is 1. The van der Waals surface area contributed by atoms with E-state index in [-0.39, 0.29) is 11.3 Å². The smallest absolute Gasteiger partial charge is 0.167 e. The van der Waals surface area contributed by atoms with E-state index >= 15 is 0 Å². The summed E-state index contributed by atoms with van der Waals surface area (Å²) in [5.74, 6) is -0.169. The van der Waals surface area contributed by atoms with Gasteiger partial charge in [-0.2, -0.15) is 0 Å². The number of hydrogen-bond donors (Lipinski definition) is 2. The minimum Gasteiger partial charge on any atom is -0.491 e. The zero-order chi connectivity index (χ0) is 14.8. The first-order valence-electron chi connectivity index (χ1n) is 7.11. The molecule has 0 unspecified atom stereocenters. The van der Waals surface area contributed by atoms with Crippen LogP contribution in [-0.2, 0) is 0 Å². The zero-order valence-electron chi connectivity index (χ0n) is 12.5. The largest absolute Gasteiger partial charge is 0.491 e. The highest BCUT2D eigenvalue weighted by Crippen LogP contribution is 2.37. The number of nitrogens with one attached hydrogen (secondary N) is 1. The van der Waals surface area contributed by atoms with Crippen LogP contribution >= 0.6 is 0 Å². The molecule has 3 N–H and O–H groups in total. The highest BCUT2D eigenvalue weighted by Gasteiger charge is 2.38. The van der Waals surface area contributed by atoms with Gasteiger partial charge >= 0.3 is 0 Å². The highest BCUT2D eigenvalue weighted by molar-refractivity contribution is 5.68. The molecule has 0 radical (unpaired) electrons. The normalized spacial score (nSPS) is 16.9. The van der Waals surface area contributed by atoms with E-state index in [0.717, 1.165) is 12.2 Å². The lowest BCUT2D eigenvalue weighted by Crippen LogP contribution is -2.54. The Kier molecular flexibility index (Phi) is 4.38. The third kappa shape index (κ3) is 2.82. The average molecular weight is 281 g/mol. The molecule has 20 heavy (non-hydrogen) atoms. The second-order valence-electron chi connectivity index (χ2n) is 5.63. The van der Waals surface area contributed by atoms with E-state index in [2.05, 4.69) is 24.3 Å². The van der Waals surface area contributed by atoms with Gasteiger partial charge in [0.25, 0.3) is 0 Å². The lowest BCUT2D eigenvalue weighted by atomic mass is 9.75. The summed E-state index contributed by atoms with van der Waals surface area (Å²) in [5.41, 5.74) is 7.22. The lowest BCUT2D eigenvalue weighted by Gasteiger charge is -2.47. The van der Waals surface area contributed by atoms with Gasteiger partial charge in [0.15, 0.2) is 11.6 Å². The minimum absolute atomic E-state index is 0.187. The van der Waals surface area contributed by atoms with Crippen LogP contribution in [0.4, 0.5) is 15.8 Å². The maximum atomic E-state index is 13.7. The number of anilines is 2. The van der Waals surface area contributed by atoms with Gasteiger partial charge in [-0.1, -0.05) is 0 Å². The van der Waals surface area contributed by atoms with Crippen LogP contribution in [0.15, 0.2) is 12.1 Å². The van der Waals surface area contributed by atoms with Crippen molar-refractivity contribution in [3.8, 4) is 5.75 Å². The van der Waals surface area contributed by atoms with Gasteiger partial charge in [-0.25, -0.2) is 4.39 Å². The molecule has 1 aliphatic carbocycles. The predicted octanol–water partition coefficient (Wildman–Crippen LogP) is 2.70. The molecule has 0 aromatic heterocycles. The Morgan fingerprint density at radius 3 is 2.60 bits per heavy atom. The van der Waals surface area contributed by atoms with Gasteiger partial charge in [-0.3, -0.25) is 0 Å². The monoisotopic (exact) mass is 281 g/mol. The summed E-state index contributed by atoms with van der Waals surface area (Å²) in [6.45, 7) is 3.07. The van der Waals surface area contributed by atoms with E-state index in [9.17, 15) is 4.39 Å². The van der Waals surface area contributed by atoms with Gasteiger partial charge in [0.1, 0.15) is 0 Å². The zero-order valence-corrected chi connectivity index (χ0v) is 12.5. The van der Waals surface area contributed by atoms with Crippen molar-refractivity contribution in [2.75, 3.05) is 38.3 Å². The molecule has 0 aliphatic heterocycles. The second kappa shape index (κ2) is 5.87. The second-order valence-corrected chi connectivity index (χ2v) is 5.63. The molecular formula is C15H24FN3O. The van der Waals surface area contributed by atoms with Crippen LogP contribution in [0.1, 0.15) is 26.2 Å². The molecule has 112 valence electrons. The number of likely N-dealkylation sites (N-methyl/N-ethyl adjacent to an activating group) is 1. The molecule has 1 saturated carbocycles. The Bertz CT molecular complexity index is 472. The maximum Gasteiger partial charge on any atom is 0.167 e. The van der Waals surface area contributed by atoms with Crippen molar-refractivity contribution in [2.24, 2.45) is 0 Å². The van der Waals surface area contributed by atoms with Crippen molar-refractivity contribution < 1.29 is 9.13 Å². The van der Waals surface area contributed by atoms with Crippen LogP contribution in [0, 0.1) is 5.82 Å². The molecule has 0 amide bonds. The third-order valence-corrected chi connectivity index (χ3v) is 4.24. The van der Waals surface area contributed by atoms with Gasteiger partial charge in [0, 0.05) is 24.2 Å². The number of nitrogen functional groups attached to an aromatic ring is 1. The van der Waals surface area contributed by atoms with Gasteiger partial charge in [0.05, 0.1) is 18.0 Å². The number of halogens is 1. The lowest BCUT2D eigenvalue weighted by molar-refractivity contribution is 0.0739. The van der Waals surface area contributed by atoms with Crippen molar-refractivity contribution in [3.05, 3.63) is 17.9 Å². The third-order valence-electron chi connectivity index (χ3n) is 4.24. The highest BCUT2D eigenvalue weighted by atomic mass is 19.1. The molecule has 0 atom stereocenters. The summed E-state index contributed by atoms with van der Waals surface area (Å²) < 4.78 is 18.9. The van der Waals surface area contributed by atoms with Crippen LogP contribution in [0.5, 0.6) is 5.75 Å². The number of nitrogens with two attached hydrogens (primary N) is 1. The van der Waals surface area contributed by atoms with Crippen LogP contribution in [0.2, 0.25) is 0 Å². The van der Waals surface area contributed by atoms with Gasteiger partial charge in [-0.05, 0) is 40.3 Å². The Balaban J connectivity index is 2.11. The van der Waals surface area contributed by atoms with Gasteiger partial charge in [0.2, 0.25) is 0 Å². The Hall–Kier alpha value is -1.49. The van der Waals surface area contributed by atoms with Crippen molar-refractivity contribution in [2.45, 2.75) is 31.7 Å². The molecule has 5 heteroatoms. The van der Waals surface area contributed by atoms with Crippen LogP contribution in [0.3, 0.4) is 0 Å². The molecule has 0 bridgehead atoms. The van der Waals surface area contributed by atoms with Crippen molar-refractivity contribution >= 4 is 11.4 Å². The fourth-order valence-electron chi connectivity index (χ4n) is 2.61. The van der Waals surface area contributed by atoms with E-state index < -0.39 is 5.82 Å². The first-order valence-corrected chi connectivity index (χ1v) is 7.11. The molecule has 2 rings (SSSR count). The Labute approximate surface area is 120 Å². The molecule has 1 aromatic carbocycles. The quantitative estimate of drug-likeness (QED) is 0.787. The molecule has 1 fully saturated rings. The van der Waals surface area contributed by atoms with Crippen molar-refractivity contribution in [1.82, 2.24) is 4.90 Å². The maximum absolute atomic E-state index is 13.7. The van der Waals surface area contributed by atoms with E-state index in [1.165, 1.54) is 25.3 Å². The number of ether oxygens (including phenoxy) is 1. The Morgan fingerprint density at radius 2 is 2.10 bits per heavy atom. The fourth-order valence-corrected chi connectivity index (χ4v) is 2.61. The van der Waals surface area contributed by atoms with Crippen LogP contribution in [0.25, 0.3) is 0 Å². The van der Waals surface area contributed by atoms with Crippen molar-refractivity contribution in [1.29, 1.82) is 0 Å². The van der Waals surface area contributed by atoms with E-state index in [0.29, 0.717) is 12.3 Å². The van der Waals surface area contributed by atoms with E-state index in [1.54, 1.807) is 6.07 Å². The van der Waals surface area contributed by atoms with Crippen LogP contribution in [-0.4, -0.2) is 37.7 Å². The van der Waals surface area contributed by atoms with Crippen molar-refractivity contribution in [3.63, 3.8) is 0 Å². The number of hydrogen-bond acceptors (Lipinski definition) is 4. The number of rotatable bonds is 6. The number of benzene rings is 1.